The first-order valence-corrected chi connectivity index (χ1v) is 7.02. The van der Waals surface area contributed by atoms with Crippen molar-refractivity contribution in [1.82, 2.24) is 0 Å². The summed E-state index contributed by atoms with van der Waals surface area (Å²) in [5.41, 5.74) is 1.35. The van der Waals surface area contributed by atoms with E-state index in [0.29, 0.717) is 0 Å². The van der Waals surface area contributed by atoms with Gasteiger partial charge in [-0.25, -0.2) is 0 Å². The summed E-state index contributed by atoms with van der Waals surface area (Å²) in [5.74, 6) is 0. The Bertz CT molecular complexity index is 649. The van der Waals surface area contributed by atoms with Crippen molar-refractivity contribution < 1.29 is 0 Å². The van der Waals surface area contributed by atoms with Gasteiger partial charge in [-0.1, -0.05) is 37.6 Å². The minimum atomic E-state index is 1.15. The van der Waals surface area contributed by atoms with Gasteiger partial charge >= 0.3 is 0 Å². The molecule has 0 N–H and O–H groups in total. The molecule has 3 aromatic rings. The van der Waals surface area contributed by atoms with Crippen molar-refractivity contribution >= 4 is 31.5 Å². The van der Waals surface area contributed by atoms with Crippen LogP contribution >= 0.6 is 11.3 Å². The molecule has 17 heavy (non-hydrogen) atoms. The molecule has 0 saturated heterocycles. The SMILES string of the molecule is CCCCc1[c]c2c(cc1)sc1ccccc12. The first kappa shape index (κ1) is 10.8. The van der Waals surface area contributed by atoms with Crippen LogP contribution in [-0.2, 0) is 6.42 Å². The predicted octanol–water partition coefficient (Wildman–Crippen LogP) is 5.20. The van der Waals surface area contributed by atoms with Gasteiger partial charge in [-0.3, -0.25) is 0 Å². The van der Waals surface area contributed by atoms with Crippen molar-refractivity contribution in [1.29, 1.82) is 0 Å². The fourth-order valence-electron chi connectivity index (χ4n) is 2.20. The third kappa shape index (κ3) is 1.96. The molecule has 1 aromatic heterocycles. The second-order valence-electron chi connectivity index (χ2n) is 4.42. The number of thiophene rings is 1. The molecule has 1 radical (unpaired) electrons. The van der Waals surface area contributed by atoms with Gasteiger partial charge in [0, 0.05) is 20.2 Å². The lowest BCUT2D eigenvalue weighted by Gasteiger charge is -1.99. The van der Waals surface area contributed by atoms with Crippen LogP contribution in [0.25, 0.3) is 20.2 Å². The summed E-state index contributed by atoms with van der Waals surface area (Å²) in [6.07, 6.45) is 3.65. The summed E-state index contributed by atoms with van der Waals surface area (Å²) in [6, 6.07) is 16.7. The van der Waals surface area contributed by atoms with Crippen LogP contribution in [0.5, 0.6) is 0 Å². The third-order valence-electron chi connectivity index (χ3n) is 3.14. The zero-order chi connectivity index (χ0) is 11.7. The first-order valence-electron chi connectivity index (χ1n) is 6.21. The van der Waals surface area contributed by atoms with E-state index < -0.39 is 0 Å². The Morgan fingerprint density at radius 1 is 1.06 bits per heavy atom. The number of benzene rings is 2. The molecule has 0 aliphatic heterocycles. The Hall–Kier alpha value is -1.34. The molecule has 0 amide bonds. The summed E-state index contributed by atoms with van der Waals surface area (Å²) < 4.78 is 2.72. The Labute approximate surface area is 106 Å². The number of fused-ring (bicyclic) bond motifs is 3. The van der Waals surface area contributed by atoms with E-state index in [4.69, 9.17) is 0 Å². The standard InChI is InChI=1S/C16H15S/c1-2-3-6-12-9-10-16-14(11-12)13-7-4-5-8-15(13)17-16/h4-5,7-10H,2-3,6H2,1H3. The van der Waals surface area contributed by atoms with Gasteiger partial charge in [0.2, 0.25) is 0 Å². The van der Waals surface area contributed by atoms with E-state index in [1.165, 1.54) is 38.6 Å². The van der Waals surface area contributed by atoms with Crippen LogP contribution in [-0.4, -0.2) is 0 Å². The monoisotopic (exact) mass is 239 g/mol. The van der Waals surface area contributed by atoms with E-state index in [1.54, 1.807) is 0 Å². The number of hydrogen-bond donors (Lipinski definition) is 0. The molecule has 0 unspecified atom stereocenters. The van der Waals surface area contributed by atoms with E-state index in [-0.39, 0.29) is 0 Å². The van der Waals surface area contributed by atoms with Crippen LogP contribution < -0.4 is 0 Å². The normalized spacial score (nSPS) is 11.4. The molecule has 85 valence electrons. The van der Waals surface area contributed by atoms with Crippen LogP contribution in [0.15, 0.2) is 36.4 Å². The summed E-state index contributed by atoms with van der Waals surface area (Å²) in [4.78, 5) is 0. The largest absolute Gasteiger partial charge is 0.135 e. The number of hydrogen-bond acceptors (Lipinski definition) is 1. The molecular formula is C16H15S. The lowest BCUT2D eigenvalue weighted by molar-refractivity contribution is 0.795. The molecule has 1 heterocycles. The van der Waals surface area contributed by atoms with Crippen molar-refractivity contribution in [2.45, 2.75) is 26.2 Å². The smallest absolute Gasteiger partial charge is 0.0361 e. The molecule has 1 heteroatoms. The molecular weight excluding hydrogens is 224 g/mol. The highest BCUT2D eigenvalue weighted by Gasteiger charge is 2.05. The van der Waals surface area contributed by atoms with Crippen LogP contribution in [0, 0.1) is 6.07 Å². The van der Waals surface area contributed by atoms with Crippen molar-refractivity contribution in [2.24, 2.45) is 0 Å². The molecule has 2 aromatic carbocycles. The number of rotatable bonds is 3. The van der Waals surface area contributed by atoms with E-state index in [2.05, 4.69) is 49.4 Å². The minimum absolute atomic E-state index is 1.15. The minimum Gasteiger partial charge on any atom is -0.135 e. The summed E-state index contributed by atoms with van der Waals surface area (Å²) in [5, 5.41) is 2.66. The fraction of sp³-hybridized carbons (Fsp3) is 0.250. The first-order chi connectivity index (χ1) is 8.38. The third-order valence-corrected chi connectivity index (χ3v) is 4.28. The summed E-state index contributed by atoms with van der Waals surface area (Å²) in [7, 11) is 0. The van der Waals surface area contributed by atoms with Crippen molar-refractivity contribution in [3.63, 3.8) is 0 Å². The molecule has 0 aliphatic carbocycles. The molecule has 0 aliphatic rings. The van der Waals surface area contributed by atoms with Gasteiger partial charge in [0.25, 0.3) is 0 Å². The zero-order valence-corrected chi connectivity index (χ0v) is 10.8. The average molecular weight is 239 g/mol. The van der Waals surface area contributed by atoms with E-state index >= 15 is 0 Å². The van der Waals surface area contributed by atoms with Crippen LogP contribution in [0.3, 0.4) is 0 Å². The van der Waals surface area contributed by atoms with Crippen molar-refractivity contribution in [3.8, 4) is 0 Å². The van der Waals surface area contributed by atoms with Gasteiger partial charge in [0.15, 0.2) is 0 Å². The maximum atomic E-state index is 3.60. The quantitative estimate of drug-likeness (QED) is 0.589. The Morgan fingerprint density at radius 2 is 1.94 bits per heavy atom. The molecule has 0 nitrogen and oxygen atoms in total. The lowest BCUT2D eigenvalue weighted by Crippen LogP contribution is -1.83. The summed E-state index contributed by atoms with van der Waals surface area (Å²) in [6.45, 7) is 2.23. The Balaban J connectivity index is 2.16. The van der Waals surface area contributed by atoms with Gasteiger partial charge < -0.3 is 0 Å². The second kappa shape index (κ2) is 4.50. The van der Waals surface area contributed by atoms with E-state index in [1.807, 2.05) is 11.3 Å². The molecule has 0 atom stereocenters. The highest BCUT2D eigenvalue weighted by atomic mass is 32.1. The average Bonchev–Trinajstić information content (AvgIpc) is 2.74. The highest BCUT2D eigenvalue weighted by molar-refractivity contribution is 7.25. The molecule has 0 bridgehead atoms. The topological polar surface area (TPSA) is 0 Å². The maximum Gasteiger partial charge on any atom is 0.0361 e. The molecule has 0 fully saturated rings. The van der Waals surface area contributed by atoms with Crippen LogP contribution in [0.2, 0.25) is 0 Å². The lowest BCUT2D eigenvalue weighted by atomic mass is 10.1. The Kier molecular flexibility index (Phi) is 2.86. The van der Waals surface area contributed by atoms with Crippen LogP contribution in [0.4, 0.5) is 0 Å². The molecule has 0 spiro atoms. The van der Waals surface area contributed by atoms with E-state index in [0.717, 1.165) is 6.42 Å². The molecule has 3 rings (SSSR count). The van der Waals surface area contributed by atoms with E-state index in [9.17, 15) is 0 Å². The van der Waals surface area contributed by atoms with Gasteiger partial charge in [0.1, 0.15) is 0 Å². The second-order valence-corrected chi connectivity index (χ2v) is 5.51. The van der Waals surface area contributed by atoms with Gasteiger partial charge in [-0.15, -0.1) is 11.3 Å². The van der Waals surface area contributed by atoms with Crippen LogP contribution in [0.1, 0.15) is 25.3 Å². The molecule has 0 saturated carbocycles. The maximum absolute atomic E-state index is 3.60. The summed E-state index contributed by atoms with van der Waals surface area (Å²) >= 11 is 1.86. The van der Waals surface area contributed by atoms with Gasteiger partial charge in [-0.05, 0) is 36.6 Å². The van der Waals surface area contributed by atoms with Crippen molar-refractivity contribution in [3.05, 3.63) is 48.0 Å². The van der Waals surface area contributed by atoms with Gasteiger partial charge in [0.05, 0.1) is 0 Å². The predicted molar refractivity (Wildman–Crippen MR) is 76.8 cm³/mol. The number of aryl methyl sites for hydroxylation is 1. The number of unbranched alkanes of at least 4 members (excludes halogenated alkanes) is 1. The van der Waals surface area contributed by atoms with Crippen molar-refractivity contribution in [2.75, 3.05) is 0 Å². The highest BCUT2D eigenvalue weighted by Crippen LogP contribution is 2.33. The van der Waals surface area contributed by atoms with Gasteiger partial charge in [-0.2, -0.15) is 0 Å². The fourth-order valence-corrected chi connectivity index (χ4v) is 3.26. The Morgan fingerprint density at radius 3 is 2.82 bits per heavy atom. The zero-order valence-electron chi connectivity index (χ0n) is 9.99.